The van der Waals surface area contributed by atoms with Crippen LogP contribution in [0.5, 0.6) is 0 Å². The van der Waals surface area contributed by atoms with Gasteiger partial charge in [0.15, 0.2) is 0 Å². The number of hydrogen-bond acceptors (Lipinski definition) is 0. The highest BCUT2D eigenvalue weighted by Gasteiger charge is 2.15. The summed E-state index contributed by atoms with van der Waals surface area (Å²) in [5.41, 5.74) is 10.2. The van der Waals surface area contributed by atoms with E-state index in [1.165, 1.54) is 16.7 Å². The molecule has 0 bridgehead atoms. The molecule has 4 heteroatoms. The lowest BCUT2D eigenvalue weighted by Gasteiger charge is -2.16. The summed E-state index contributed by atoms with van der Waals surface area (Å²) in [5, 5.41) is 0.714. The molecule has 2 aromatic carbocycles. The van der Waals surface area contributed by atoms with Crippen LogP contribution >= 0.6 is 63.7 Å². The lowest BCUT2D eigenvalue weighted by molar-refractivity contribution is 1.04. The predicted octanol–water partition coefficient (Wildman–Crippen LogP) is 15.9. The van der Waals surface area contributed by atoms with Crippen molar-refractivity contribution in [3.8, 4) is 12.3 Å². The molecule has 0 saturated heterocycles. The van der Waals surface area contributed by atoms with Crippen LogP contribution in [0.2, 0.25) is 0 Å². The fraction of sp³-hybridized carbons (Fsp3) is 0.191. The maximum atomic E-state index is 5.57. The van der Waals surface area contributed by atoms with Crippen molar-refractivity contribution in [2.24, 2.45) is 0 Å². The van der Waals surface area contributed by atoms with Crippen LogP contribution in [0, 0.1) is 12.3 Å². The van der Waals surface area contributed by atoms with Crippen LogP contribution in [0.15, 0.2) is 166 Å². The summed E-state index contributed by atoms with van der Waals surface area (Å²) in [4.78, 5) is 0.199. The molecule has 0 aliphatic rings. The van der Waals surface area contributed by atoms with E-state index in [9.17, 15) is 0 Å². The summed E-state index contributed by atoms with van der Waals surface area (Å²) in [5.74, 6) is 2.72. The Morgan fingerprint density at radius 3 is 2.25 bits per heavy atom. The van der Waals surface area contributed by atoms with Crippen molar-refractivity contribution in [3.05, 3.63) is 189 Å². The topological polar surface area (TPSA) is 0 Å². The van der Waals surface area contributed by atoms with E-state index < -0.39 is 0 Å². The van der Waals surface area contributed by atoms with Gasteiger partial charge in [-0.3, -0.25) is 0 Å². The summed E-state index contributed by atoms with van der Waals surface area (Å²) in [6.07, 6.45) is 43.7. The molecule has 1 unspecified atom stereocenters. The zero-order valence-corrected chi connectivity index (χ0v) is 36.4. The average Bonchev–Trinajstić information content (AvgIpc) is 3.12. The predicted molar refractivity (Wildman–Crippen MR) is 245 cm³/mol. The van der Waals surface area contributed by atoms with Crippen molar-refractivity contribution >= 4 is 86.5 Å². The third-order valence-corrected chi connectivity index (χ3v) is 9.48. The molecule has 0 aromatic heterocycles. The van der Waals surface area contributed by atoms with Crippen LogP contribution in [-0.4, -0.2) is 10.2 Å². The quantitative estimate of drug-likeness (QED) is 0.0605. The molecule has 0 aliphatic heterocycles. The van der Waals surface area contributed by atoms with Crippen molar-refractivity contribution < 1.29 is 0 Å². The van der Waals surface area contributed by atoms with Crippen LogP contribution in [0.4, 0.5) is 0 Å². The van der Waals surface area contributed by atoms with E-state index >= 15 is 0 Å². The Labute approximate surface area is 341 Å². The lowest BCUT2D eigenvalue weighted by atomic mass is 9.89. The zero-order chi connectivity index (χ0) is 37.4. The summed E-state index contributed by atoms with van der Waals surface area (Å²) >= 11 is 15.3. The van der Waals surface area contributed by atoms with Gasteiger partial charge in [-0.05, 0) is 103 Å². The van der Waals surface area contributed by atoms with Gasteiger partial charge in [-0.1, -0.05) is 204 Å². The molecule has 0 heterocycles. The highest BCUT2D eigenvalue weighted by atomic mass is 79.9. The van der Waals surface area contributed by atoms with Gasteiger partial charge in [-0.25, -0.2) is 0 Å². The summed E-state index contributed by atoms with van der Waals surface area (Å²) in [6, 6.07) is 15.0. The van der Waals surface area contributed by atoms with Gasteiger partial charge in [0.2, 0.25) is 0 Å². The summed E-state index contributed by atoms with van der Waals surface area (Å²) in [7, 11) is 0. The van der Waals surface area contributed by atoms with E-state index in [1.54, 1.807) is 0 Å². The molecular formula is C47H48Br4. The zero-order valence-electron chi connectivity index (χ0n) is 30.1. The number of unbranched alkanes of at least 4 members (excludes halogenated alkanes) is 1. The summed E-state index contributed by atoms with van der Waals surface area (Å²) in [6.45, 7) is 12.2. The molecule has 0 radical (unpaired) electrons. The van der Waals surface area contributed by atoms with Gasteiger partial charge in [0, 0.05) is 25.5 Å². The molecule has 0 saturated carbocycles. The van der Waals surface area contributed by atoms with E-state index in [1.807, 2.05) is 50.3 Å². The molecule has 0 spiro atoms. The normalized spacial score (nSPS) is 14.9. The third kappa shape index (κ3) is 15.1. The molecule has 1 atom stereocenters. The number of hydrogen-bond donors (Lipinski definition) is 0. The minimum absolute atomic E-state index is 0.199. The van der Waals surface area contributed by atoms with Gasteiger partial charge < -0.3 is 0 Å². The standard InChI is InChI=1S/C47H48Br4/c1-7-12-14-15-18-28-40-34-45(47(51)35-43(40)38(23-9-3)24-10-4)42(31-32-48)46(50)30-22-21-29-41(37(11-5)25-17-13-8-2)44(33-36(6)49)39-26-19-16-20-27-39/h2,7,9-12,14-20,23-31,33-36H,3,13,21-22,32H2,1,4-6H3/b12-7-,15-14-,24-10-,25-17-,28-18+,37-11+,38-23+,41-29-,42-31-,44-33-,46-30+. The highest BCUT2D eigenvalue weighted by molar-refractivity contribution is 9.12. The first-order valence-corrected chi connectivity index (χ1v) is 20.6. The molecule has 2 rings (SSSR count). The first-order chi connectivity index (χ1) is 24.8. The van der Waals surface area contributed by atoms with Crippen molar-refractivity contribution in [1.82, 2.24) is 0 Å². The van der Waals surface area contributed by atoms with Crippen LogP contribution < -0.4 is 0 Å². The molecule has 0 fully saturated rings. The van der Waals surface area contributed by atoms with Crippen LogP contribution in [0.25, 0.3) is 22.8 Å². The van der Waals surface area contributed by atoms with E-state index in [0.717, 1.165) is 55.2 Å². The number of halogens is 4. The molecule has 0 N–H and O–H groups in total. The minimum atomic E-state index is 0.199. The highest BCUT2D eigenvalue weighted by Crippen LogP contribution is 2.38. The van der Waals surface area contributed by atoms with Gasteiger partial charge in [-0.2, -0.15) is 0 Å². The van der Waals surface area contributed by atoms with Crippen LogP contribution in [0.1, 0.15) is 69.2 Å². The first kappa shape index (κ1) is 44.0. The number of rotatable bonds is 18. The largest absolute Gasteiger partial charge is 0.120 e. The fourth-order valence-electron chi connectivity index (χ4n) is 5.25. The van der Waals surface area contributed by atoms with E-state index in [0.29, 0.717) is 11.8 Å². The maximum absolute atomic E-state index is 5.57. The Bertz CT molecular complexity index is 1820. The smallest absolute Gasteiger partial charge is 0.0306 e. The Morgan fingerprint density at radius 2 is 1.63 bits per heavy atom. The Balaban J connectivity index is 2.64. The van der Waals surface area contributed by atoms with Gasteiger partial charge in [-0.15, -0.1) is 12.3 Å². The number of allylic oxidation sites excluding steroid dienone is 22. The second-order valence-corrected chi connectivity index (χ2v) is 15.0. The molecule has 0 aliphatic carbocycles. The SMILES string of the molecule is C#CC\C=C/C(=C\C)C(=C/CC/C=C(Br)\C(=C/CBr)c1cc(/C=C/C=C\C=C/C)c(C(/C=C\C)=C/C=C)cc1Br)/C(=C\C(C)Br)c1ccccc1. The number of benzene rings is 2. The Morgan fingerprint density at radius 1 is 0.902 bits per heavy atom. The van der Waals surface area contributed by atoms with Gasteiger partial charge in [0.05, 0.1) is 0 Å². The Hall–Kier alpha value is -3.20. The second-order valence-electron chi connectivity index (χ2n) is 11.2. The van der Waals surface area contributed by atoms with Gasteiger partial charge in [0.25, 0.3) is 0 Å². The van der Waals surface area contributed by atoms with E-state index in [4.69, 9.17) is 6.42 Å². The molecule has 264 valence electrons. The van der Waals surface area contributed by atoms with Crippen LogP contribution in [-0.2, 0) is 0 Å². The summed E-state index contributed by atoms with van der Waals surface area (Å²) < 4.78 is 2.05. The molecule has 51 heavy (non-hydrogen) atoms. The second kappa shape index (κ2) is 25.7. The minimum Gasteiger partial charge on any atom is -0.120 e. The van der Waals surface area contributed by atoms with Crippen molar-refractivity contribution in [3.63, 3.8) is 0 Å². The molecule has 0 nitrogen and oxygen atoms in total. The number of alkyl halides is 2. The molecule has 0 amide bonds. The number of terminal acetylenes is 1. The van der Waals surface area contributed by atoms with Crippen molar-refractivity contribution in [2.45, 2.75) is 51.8 Å². The van der Waals surface area contributed by atoms with Crippen LogP contribution in [0.3, 0.4) is 0 Å². The third-order valence-electron chi connectivity index (χ3n) is 7.49. The van der Waals surface area contributed by atoms with E-state index in [-0.39, 0.29) is 4.83 Å². The van der Waals surface area contributed by atoms with Crippen molar-refractivity contribution in [1.29, 1.82) is 0 Å². The van der Waals surface area contributed by atoms with Gasteiger partial charge in [0.1, 0.15) is 0 Å². The van der Waals surface area contributed by atoms with Gasteiger partial charge >= 0.3 is 0 Å². The molecular weight excluding hydrogens is 884 g/mol. The Kier molecular flexibility index (Phi) is 22.2. The van der Waals surface area contributed by atoms with E-state index in [2.05, 4.69) is 199 Å². The maximum Gasteiger partial charge on any atom is 0.0306 e. The van der Waals surface area contributed by atoms with Crippen molar-refractivity contribution in [2.75, 3.05) is 5.33 Å². The average molecular weight is 933 g/mol. The fourth-order valence-corrected chi connectivity index (χ4v) is 7.00. The monoisotopic (exact) mass is 928 g/mol. The first-order valence-electron chi connectivity index (χ1n) is 17.0. The molecule has 2 aromatic rings. The lowest BCUT2D eigenvalue weighted by Crippen LogP contribution is -1.97.